The molecule has 102 valence electrons. The largest absolute Gasteiger partial charge is 0.330 e. The maximum Gasteiger partial charge on any atom is 0.243 e. The predicted molar refractivity (Wildman–Crippen MR) is 76.8 cm³/mol. The summed E-state index contributed by atoms with van der Waals surface area (Å²) in [5, 5.41) is 0. The van der Waals surface area contributed by atoms with Crippen molar-refractivity contribution in [1.82, 2.24) is 4.31 Å². The van der Waals surface area contributed by atoms with E-state index in [4.69, 9.17) is 5.73 Å². The van der Waals surface area contributed by atoms with Crippen LogP contribution in [0.25, 0.3) is 0 Å². The Bertz CT molecular complexity index is 515. The molecule has 0 aliphatic heterocycles. The number of hydrogen-bond donors (Lipinski definition) is 1. The maximum atomic E-state index is 12.4. The zero-order chi connectivity index (χ0) is 14.0. The lowest BCUT2D eigenvalue weighted by Gasteiger charge is -2.28. The average molecular weight is 335 g/mol. The number of nitrogens with two attached hydrogens (primary N) is 1. The Morgan fingerprint density at radius 2 is 1.89 bits per heavy atom. The minimum absolute atomic E-state index is 0.247. The van der Waals surface area contributed by atoms with Crippen molar-refractivity contribution < 1.29 is 8.42 Å². The van der Waals surface area contributed by atoms with Gasteiger partial charge in [0.05, 0.1) is 4.90 Å². The van der Waals surface area contributed by atoms with Crippen LogP contribution >= 0.6 is 15.9 Å². The Kier molecular flexibility index (Phi) is 4.94. The maximum absolute atomic E-state index is 12.4. The fraction of sp³-hybridized carbons (Fsp3) is 0.500. The Morgan fingerprint density at radius 1 is 1.33 bits per heavy atom. The molecule has 1 rings (SSSR count). The fourth-order valence-electron chi connectivity index (χ4n) is 1.57. The molecular weight excluding hydrogens is 316 g/mol. The zero-order valence-corrected chi connectivity index (χ0v) is 13.3. The summed E-state index contributed by atoms with van der Waals surface area (Å²) in [6, 6.07) is 6.80. The first kappa shape index (κ1) is 15.6. The van der Waals surface area contributed by atoms with Crippen LogP contribution in [0.5, 0.6) is 0 Å². The van der Waals surface area contributed by atoms with Gasteiger partial charge in [0.2, 0.25) is 10.0 Å². The molecule has 0 bridgehead atoms. The zero-order valence-electron chi connectivity index (χ0n) is 10.9. The second kappa shape index (κ2) is 5.69. The van der Waals surface area contributed by atoms with E-state index in [1.165, 1.54) is 4.31 Å². The standard InChI is InChI=1S/C12H19BrN2O2S/c1-12(2,8-14)9-15(3)18(16,17)11-7-5-4-6-10(11)13/h4-7H,8-9,14H2,1-3H3. The van der Waals surface area contributed by atoms with Crippen molar-refractivity contribution in [3.63, 3.8) is 0 Å². The quantitative estimate of drug-likeness (QED) is 0.896. The summed E-state index contributed by atoms with van der Waals surface area (Å²) >= 11 is 3.27. The number of benzene rings is 1. The van der Waals surface area contributed by atoms with Crippen molar-refractivity contribution in [2.75, 3.05) is 20.1 Å². The molecule has 18 heavy (non-hydrogen) atoms. The summed E-state index contributed by atoms with van der Waals surface area (Å²) in [6.07, 6.45) is 0. The molecular formula is C12H19BrN2O2S. The molecule has 4 nitrogen and oxygen atoms in total. The fourth-order valence-corrected chi connectivity index (χ4v) is 3.89. The van der Waals surface area contributed by atoms with Crippen LogP contribution in [-0.4, -0.2) is 32.9 Å². The molecule has 1 aromatic rings. The van der Waals surface area contributed by atoms with E-state index in [2.05, 4.69) is 15.9 Å². The third kappa shape index (κ3) is 3.54. The van der Waals surface area contributed by atoms with Gasteiger partial charge < -0.3 is 5.73 Å². The minimum Gasteiger partial charge on any atom is -0.330 e. The summed E-state index contributed by atoms with van der Waals surface area (Å²) in [6.45, 7) is 4.70. The minimum atomic E-state index is -3.48. The van der Waals surface area contributed by atoms with Crippen LogP contribution in [0.15, 0.2) is 33.6 Å². The monoisotopic (exact) mass is 334 g/mol. The van der Waals surface area contributed by atoms with Crippen LogP contribution in [0, 0.1) is 5.41 Å². The van der Waals surface area contributed by atoms with Gasteiger partial charge in [-0.3, -0.25) is 0 Å². The Hall–Kier alpha value is -0.430. The van der Waals surface area contributed by atoms with Crippen LogP contribution in [0.2, 0.25) is 0 Å². The van der Waals surface area contributed by atoms with Crippen LogP contribution < -0.4 is 5.73 Å². The highest BCUT2D eigenvalue weighted by molar-refractivity contribution is 9.10. The normalized spacial score (nSPS) is 13.0. The summed E-state index contributed by atoms with van der Waals surface area (Å²) in [5.41, 5.74) is 5.39. The predicted octanol–water partition coefficient (Wildman–Crippen LogP) is 2.05. The molecule has 0 saturated carbocycles. The molecule has 0 fully saturated rings. The van der Waals surface area contributed by atoms with E-state index in [1.54, 1.807) is 31.3 Å². The summed E-state index contributed by atoms with van der Waals surface area (Å²) in [7, 11) is -1.91. The number of rotatable bonds is 5. The van der Waals surface area contributed by atoms with Gasteiger partial charge in [-0.15, -0.1) is 0 Å². The van der Waals surface area contributed by atoms with Crippen LogP contribution in [-0.2, 0) is 10.0 Å². The van der Waals surface area contributed by atoms with Crippen molar-refractivity contribution in [3.05, 3.63) is 28.7 Å². The third-order valence-corrected chi connectivity index (χ3v) is 5.54. The molecule has 0 saturated heterocycles. The second-order valence-electron chi connectivity index (χ2n) is 5.06. The number of nitrogens with zero attached hydrogens (tertiary/aromatic N) is 1. The highest BCUT2D eigenvalue weighted by atomic mass is 79.9. The van der Waals surface area contributed by atoms with E-state index >= 15 is 0 Å². The van der Waals surface area contributed by atoms with E-state index in [1.807, 2.05) is 13.8 Å². The lowest BCUT2D eigenvalue weighted by Crippen LogP contribution is -2.39. The number of halogens is 1. The third-order valence-electron chi connectivity index (χ3n) is 2.73. The first-order valence-corrected chi connectivity index (χ1v) is 7.85. The average Bonchev–Trinajstić information content (AvgIpc) is 2.28. The van der Waals surface area contributed by atoms with Crippen molar-refractivity contribution in [2.45, 2.75) is 18.7 Å². The van der Waals surface area contributed by atoms with Gasteiger partial charge in [0.25, 0.3) is 0 Å². The Balaban J connectivity index is 3.05. The van der Waals surface area contributed by atoms with Crippen molar-refractivity contribution in [2.24, 2.45) is 11.1 Å². The van der Waals surface area contributed by atoms with Crippen molar-refractivity contribution in [1.29, 1.82) is 0 Å². The molecule has 0 unspecified atom stereocenters. The first-order valence-electron chi connectivity index (χ1n) is 5.62. The number of sulfonamides is 1. The molecule has 1 aromatic carbocycles. The van der Waals surface area contributed by atoms with Gasteiger partial charge in [-0.2, -0.15) is 0 Å². The molecule has 0 radical (unpaired) electrons. The molecule has 0 heterocycles. The van der Waals surface area contributed by atoms with Gasteiger partial charge in [-0.25, -0.2) is 12.7 Å². The van der Waals surface area contributed by atoms with E-state index in [-0.39, 0.29) is 10.3 Å². The van der Waals surface area contributed by atoms with E-state index in [0.717, 1.165) is 0 Å². The highest BCUT2D eigenvalue weighted by Gasteiger charge is 2.28. The van der Waals surface area contributed by atoms with Crippen LogP contribution in [0.4, 0.5) is 0 Å². The Labute approximate surface area is 117 Å². The molecule has 0 aromatic heterocycles. The lowest BCUT2D eigenvalue weighted by atomic mass is 9.94. The highest BCUT2D eigenvalue weighted by Crippen LogP contribution is 2.26. The van der Waals surface area contributed by atoms with Gasteiger partial charge in [-0.1, -0.05) is 26.0 Å². The second-order valence-corrected chi connectivity index (χ2v) is 7.93. The smallest absolute Gasteiger partial charge is 0.243 e. The molecule has 0 aliphatic carbocycles. The SMILES string of the molecule is CN(CC(C)(C)CN)S(=O)(=O)c1ccccc1Br. The van der Waals surface area contributed by atoms with Crippen LogP contribution in [0.1, 0.15) is 13.8 Å². The lowest BCUT2D eigenvalue weighted by molar-refractivity contribution is 0.292. The summed E-state index contributed by atoms with van der Waals surface area (Å²) < 4.78 is 26.7. The molecule has 0 spiro atoms. The molecule has 0 aliphatic rings. The van der Waals surface area contributed by atoms with Gasteiger partial charge >= 0.3 is 0 Å². The van der Waals surface area contributed by atoms with E-state index in [0.29, 0.717) is 17.6 Å². The number of hydrogen-bond acceptors (Lipinski definition) is 3. The van der Waals surface area contributed by atoms with Crippen LogP contribution in [0.3, 0.4) is 0 Å². The topological polar surface area (TPSA) is 63.4 Å². The van der Waals surface area contributed by atoms with Gasteiger partial charge in [-0.05, 0) is 40.0 Å². The first-order chi connectivity index (χ1) is 8.20. The van der Waals surface area contributed by atoms with Gasteiger partial charge in [0.15, 0.2) is 0 Å². The van der Waals surface area contributed by atoms with Gasteiger partial charge in [0, 0.05) is 18.1 Å². The van der Waals surface area contributed by atoms with E-state index < -0.39 is 10.0 Å². The molecule has 0 amide bonds. The van der Waals surface area contributed by atoms with Crippen molar-refractivity contribution >= 4 is 26.0 Å². The van der Waals surface area contributed by atoms with Crippen molar-refractivity contribution in [3.8, 4) is 0 Å². The molecule has 2 N–H and O–H groups in total. The molecule has 6 heteroatoms. The van der Waals surface area contributed by atoms with Gasteiger partial charge in [0.1, 0.15) is 0 Å². The summed E-state index contributed by atoms with van der Waals surface area (Å²) in [5.74, 6) is 0. The Morgan fingerprint density at radius 3 is 2.39 bits per heavy atom. The van der Waals surface area contributed by atoms with E-state index in [9.17, 15) is 8.42 Å². The summed E-state index contributed by atoms with van der Waals surface area (Å²) in [4.78, 5) is 0.278. The molecule has 0 atom stereocenters.